The Morgan fingerprint density at radius 1 is 1.20 bits per heavy atom. The average Bonchev–Trinajstić information content (AvgIpc) is 3.16. The second kappa shape index (κ2) is 7.85. The predicted octanol–water partition coefficient (Wildman–Crippen LogP) is 3.88. The van der Waals surface area contributed by atoms with E-state index < -0.39 is 6.29 Å². The number of nitrogens with zero attached hydrogens (tertiary/aromatic N) is 4. The molecule has 2 aliphatic rings. The molecular formula is C24H28N4O2. The van der Waals surface area contributed by atoms with E-state index in [9.17, 15) is 5.11 Å². The van der Waals surface area contributed by atoms with Crippen LogP contribution in [-0.4, -0.2) is 50.3 Å². The fraction of sp³-hybridized carbons (Fsp3) is 0.417. The van der Waals surface area contributed by atoms with E-state index in [0.29, 0.717) is 17.2 Å². The molecule has 2 aliphatic heterocycles. The molecule has 5 rings (SSSR count). The Kier molecular flexibility index (Phi) is 5.05. The van der Waals surface area contributed by atoms with Crippen molar-refractivity contribution in [2.75, 3.05) is 19.6 Å². The summed E-state index contributed by atoms with van der Waals surface area (Å²) in [5.41, 5.74) is 5.33. The molecule has 156 valence electrons. The highest BCUT2D eigenvalue weighted by Gasteiger charge is 2.26. The van der Waals surface area contributed by atoms with E-state index in [4.69, 9.17) is 4.74 Å². The molecule has 0 saturated carbocycles. The van der Waals surface area contributed by atoms with Crippen molar-refractivity contribution in [2.45, 2.75) is 45.3 Å². The monoisotopic (exact) mass is 404 g/mol. The van der Waals surface area contributed by atoms with Gasteiger partial charge in [0.15, 0.2) is 5.65 Å². The Labute approximate surface area is 176 Å². The van der Waals surface area contributed by atoms with Crippen LogP contribution in [0.2, 0.25) is 0 Å². The van der Waals surface area contributed by atoms with Crippen molar-refractivity contribution in [1.82, 2.24) is 19.3 Å². The highest BCUT2D eigenvalue weighted by atomic mass is 16.6. The average molecular weight is 405 g/mol. The van der Waals surface area contributed by atoms with Crippen molar-refractivity contribution in [3.63, 3.8) is 0 Å². The number of aryl methyl sites for hydroxylation is 1. The molecular weight excluding hydrogens is 376 g/mol. The number of ether oxygens (including phenoxy) is 1. The zero-order valence-corrected chi connectivity index (χ0v) is 17.6. The molecule has 1 N–H and O–H groups in total. The Bertz CT molecular complexity index is 1100. The fourth-order valence-corrected chi connectivity index (χ4v) is 4.60. The van der Waals surface area contributed by atoms with Gasteiger partial charge in [-0.2, -0.15) is 0 Å². The van der Waals surface area contributed by atoms with Crippen molar-refractivity contribution in [1.29, 1.82) is 0 Å². The number of imidazole rings is 1. The fourth-order valence-electron chi connectivity index (χ4n) is 4.60. The number of rotatable bonds is 4. The number of benzene rings is 1. The number of fused-ring (bicyclic) bond motifs is 2. The highest BCUT2D eigenvalue weighted by Crippen LogP contribution is 2.37. The molecule has 1 saturated heterocycles. The minimum absolute atomic E-state index is 0.559. The second-order valence-electron chi connectivity index (χ2n) is 8.40. The molecule has 1 aromatic carbocycles. The number of aromatic nitrogens is 3. The maximum absolute atomic E-state index is 10.7. The zero-order chi connectivity index (χ0) is 20.7. The first-order chi connectivity index (χ1) is 14.6. The summed E-state index contributed by atoms with van der Waals surface area (Å²) in [5.74, 6) is 1.31. The van der Waals surface area contributed by atoms with E-state index in [1.807, 2.05) is 29.8 Å². The molecule has 1 fully saturated rings. The van der Waals surface area contributed by atoms with Gasteiger partial charge in [-0.25, -0.2) is 4.98 Å². The molecule has 2 aromatic heterocycles. The summed E-state index contributed by atoms with van der Waals surface area (Å²) in [6.07, 6.45) is 10.1. The second-order valence-corrected chi connectivity index (χ2v) is 8.40. The summed E-state index contributed by atoms with van der Waals surface area (Å²) in [6, 6.07) is 6.44. The maximum Gasteiger partial charge on any atom is 0.226 e. The van der Waals surface area contributed by atoms with Gasteiger partial charge in [0.2, 0.25) is 6.29 Å². The van der Waals surface area contributed by atoms with E-state index in [-0.39, 0.29) is 0 Å². The first-order valence-electron chi connectivity index (χ1n) is 10.8. The van der Waals surface area contributed by atoms with Crippen molar-refractivity contribution >= 4 is 17.3 Å². The normalized spacial score (nSPS) is 20.1. The summed E-state index contributed by atoms with van der Waals surface area (Å²) < 4.78 is 7.85. The van der Waals surface area contributed by atoms with Crippen LogP contribution in [0.1, 0.15) is 54.6 Å². The number of likely N-dealkylation sites (tertiary alicyclic amines) is 1. The molecule has 6 nitrogen and oxygen atoms in total. The van der Waals surface area contributed by atoms with Gasteiger partial charge in [-0.3, -0.25) is 4.98 Å². The molecule has 3 aromatic rings. The van der Waals surface area contributed by atoms with E-state index in [2.05, 4.69) is 40.0 Å². The lowest BCUT2D eigenvalue weighted by Gasteiger charge is -2.32. The number of hydrogen-bond donors (Lipinski definition) is 1. The number of hydrogen-bond acceptors (Lipinski definition) is 5. The van der Waals surface area contributed by atoms with Gasteiger partial charge >= 0.3 is 0 Å². The van der Waals surface area contributed by atoms with Gasteiger partial charge in [-0.15, -0.1) is 0 Å². The minimum atomic E-state index is -1.03. The van der Waals surface area contributed by atoms with Crippen LogP contribution in [0.3, 0.4) is 0 Å². The molecule has 6 heteroatoms. The van der Waals surface area contributed by atoms with Crippen LogP contribution in [0, 0.1) is 6.92 Å². The van der Waals surface area contributed by atoms with Crippen LogP contribution in [0.25, 0.3) is 17.3 Å². The smallest absolute Gasteiger partial charge is 0.226 e. The minimum Gasteiger partial charge on any atom is -0.460 e. The van der Waals surface area contributed by atoms with Crippen molar-refractivity contribution in [3.8, 4) is 5.75 Å². The largest absolute Gasteiger partial charge is 0.460 e. The molecule has 0 amide bonds. The molecule has 0 spiro atoms. The van der Waals surface area contributed by atoms with Crippen LogP contribution >= 0.6 is 0 Å². The third kappa shape index (κ3) is 3.61. The van der Waals surface area contributed by atoms with Crippen molar-refractivity contribution < 1.29 is 9.84 Å². The van der Waals surface area contributed by atoms with Gasteiger partial charge in [0.1, 0.15) is 5.75 Å². The van der Waals surface area contributed by atoms with E-state index in [0.717, 1.165) is 35.7 Å². The Hall–Kier alpha value is -2.70. The maximum atomic E-state index is 10.7. The third-order valence-corrected chi connectivity index (χ3v) is 6.22. The zero-order valence-electron chi connectivity index (χ0n) is 17.6. The van der Waals surface area contributed by atoms with Gasteiger partial charge in [0, 0.05) is 23.5 Å². The van der Waals surface area contributed by atoms with Gasteiger partial charge in [-0.05, 0) is 69.4 Å². The molecule has 0 aliphatic carbocycles. The van der Waals surface area contributed by atoms with Crippen molar-refractivity contribution in [3.05, 3.63) is 59.3 Å². The molecule has 0 bridgehead atoms. The number of aliphatic hydroxyl groups is 1. The Balaban J connectivity index is 1.40. The van der Waals surface area contributed by atoms with Crippen LogP contribution in [0.15, 0.2) is 36.8 Å². The number of piperidine rings is 1. The topological polar surface area (TPSA) is 62.9 Å². The van der Waals surface area contributed by atoms with Gasteiger partial charge in [0.25, 0.3) is 0 Å². The van der Waals surface area contributed by atoms with Crippen LogP contribution in [0.4, 0.5) is 0 Å². The summed E-state index contributed by atoms with van der Waals surface area (Å²) in [4.78, 5) is 11.4. The van der Waals surface area contributed by atoms with E-state index >= 15 is 0 Å². The quantitative estimate of drug-likeness (QED) is 0.715. The molecule has 4 heterocycles. The van der Waals surface area contributed by atoms with Crippen molar-refractivity contribution in [2.24, 2.45) is 0 Å². The van der Waals surface area contributed by atoms with Crippen LogP contribution in [-0.2, 0) is 0 Å². The van der Waals surface area contributed by atoms with Crippen LogP contribution < -0.4 is 4.74 Å². The SMILES string of the molecule is CCCN1CCC(c2ccc3c(c2)OC(O)C(c2cn4cc(C)ncc4n2)=C3)CC1. The van der Waals surface area contributed by atoms with Gasteiger partial charge < -0.3 is 19.1 Å². The Morgan fingerprint density at radius 2 is 2.03 bits per heavy atom. The lowest BCUT2D eigenvalue weighted by Crippen LogP contribution is -2.33. The Morgan fingerprint density at radius 3 is 2.83 bits per heavy atom. The van der Waals surface area contributed by atoms with E-state index in [1.165, 1.54) is 31.4 Å². The van der Waals surface area contributed by atoms with Crippen LogP contribution in [0.5, 0.6) is 5.75 Å². The highest BCUT2D eigenvalue weighted by molar-refractivity contribution is 5.85. The summed E-state index contributed by atoms with van der Waals surface area (Å²) >= 11 is 0. The standard InChI is InChI=1S/C24H28N4O2/c1-3-8-27-9-6-17(7-10-27)18-4-5-19-11-20(24(29)30-22(19)12-18)21-15-28-14-16(2)25-13-23(28)26-21/h4-5,11-15,17,24,29H,3,6-10H2,1-2H3. The third-order valence-electron chi connectivity index (χ3n) is 6.22. The lowest BCUT2D eigenvalue weighted by atomic mass is 9.88. The number of aliphatic hydroxyl groups excluding tert-OH is 1. The van der Waals surface area contributed by atoms with Gasteiger partial charge in [0.05, 0.1) is 17.6 Å². The first-order valence-corrected chi connectivity index (χ1v) is 10.8. The predicted molar refractivity (Wildman–Crippen MR) is 117 cm³/mol. The lowest BCUT2D eigenvalue weighted by molar-refractivity contribution is 0.0316. The molecule has 1 atom stereocenters. The summed E-state index contributed by atoms with van der Waals surface area (Å²) in [7, 11) is 0. The molecule has 30 heavy (non-hydrogen) atoms. The van der Waals surface area contributed by atoms with Gasteiger partial charge in [-0.1, -0.05) is 19.1 Å². The summed E-state index contributed by atoms with van der Waals surface area (Å²) in [6.45, 7) is 7.69. The first kappa shape index (κ1) is 19.3. The molecule has 1 unspecified atom stereocenters. The van der Waals surface area contributed by atoms with E-state index in [1.54, 1.807) is 6.20 Å². The summed E-state index contributed by atoms with van der Waals surface area (Å²) in [5, 5.41) is 10.7. The molecule has 0 radical (unpaired) electrons.